The topological polar surface area (TPSA) is 63.9 Å². The van der Waals surface area contributed by atoms with E-state index in [1.165, 1.54) is 41.5 Å². The Labute approximate surface area is 235 Å². The monoisotopic (exact) mass is 575 g/mol. The van der Waals surface area contributed by atoms with Crippen molar-refractivity contribution in [2.45, 2.75) is 52.4 Å². The minimum absolute atomic E-state index is 0.0460. The molecule has 0 aliphatic carbocycles. The molecule has 1 amide bonds. The molecule has 0 unspecified atom stereocenters. The van der Waals surface area contributed by atoms with Crippen molar-refractivity contribution in [2.24, 2.45) is 0 Å². The summed E-state index contributed by atoms with van der Waals surface area (Å²) in [4.78, 5) is 33.4. The fraction of sp³-hybridized carbons (Fsp3) is 0.333. The standard InChI is InChI=1S/C27H27Cl2N3O3S2/c1-3-4-5-6-7-8-13-32-26(34)22(37-27(32)36)16-19-24(35-21-12-11-18(28)15-20(21)29)30-23-17(2)10-9-14-31(23)25(19)33/h9-12,14-16H,3-8,13H2,1-2H3/b22-16+. The highest BCUT2D eigenvalue weighted by atomic mass is 35.5. The van der Waals surface area contributed by atoms with Crippen LogP contribution in [0.15, 0.2) is 46.2 Å². The lowest BCUT2D eigenvalue weighted by Gasteiger charge is -2.14. The van der Waals surface area contributed by atoms with Crippen molar-refractivity contribution in [3.8, 4) is 11.6 Å². The molecule has 0 saturated carbocycles. The SMILES string of the molecule is CCCCCCCCN1C(=O)/C(=C\c2c(Oc3ccc(Cl)cc3Cl)nc3c(C)cccn3c2=O)SC1=S. The highest BCUT2D eigenvalue weighted by molar-refractivity contribution is 8.26. The molecule has 0 bridgehead atoms. The fourth-order valence-corrected chi connectivity index (χ4v) is 5.77. The molecule has 1 fully saturated rings. The molecule has 1 aliphatic heterocycles. The number of carbonyl (C=O) groups is 1. The van der Waals surface area contributed by atoms with Crippen molar-refractivity contribution in [1.29, 1.82) is 0 Å². The predicted octanol–water partition coefficient (Wildman–Crippen LogP) is 7.66. The average Bonchev–Trinajstić information content (AvgIpc) is 3.13. The lowest BCUT2D eigenvalue weighted by Crippen LogP contribution is -2.29. The predicted molar refractivity (Wildman–Crippen MR) is 156 cm³/mol. The molecule has 37 heavy (non-hydrogen) atoms. The molecular formula is C27H27Cl2N3O3S2. The first-order valence-corrected chi connectivity index (χ1v) is 14.2. The first-order valence-electron chi connectivity index (χ1n) is 12.2. The summed E-state index contributed by atoms with van der Waals surface area (Å²) in [5.41, 5.74) is 1.01. The number of amides is 1. The van der Waals surface area contributed by atoms with Crippen LogP contribution in [0.25, 0.3) is 11.7 Å². The number of aromatic nitrogens is 2. The second-order valence-corrected chi connectivity index (χ2v) is 11.3. The van der Waals surface area contributed by atoms with Crippen molar-refractivity contribution >= 4 is 69.1 Å². The number of hydrogen-bond acceptors (Lipinski definition) is 6. The highest BCUT2D eigenvalue weighted by Crippen LogP contribution is 2.36. The van der Waals surface area contributed by atoms with E-state index in [1.54, 1.807) is 35.4 Å². The average molecular weight is 577 g/mol. The summed E-state index contributed by atoms with van der Waals surface area (Å²) in [5.74, 6) is 0.124. The van der Waals surface area contributed by atoms with E-state index in [0.29, 0.717) is 32.2 Å². The van der Waals surface area contributed by atoms with E-state index in [-0.39, 0.29) is 27.9 Å². The molecule has 0 atom stereocenters. The summed E-state index contributed by atoms with van der Waals surface area (Å²) in [6.45, 7) is 4.60. The van der Waals surface area contributed by atoms with Crippen LogP contribution in [0.1, 0.15) is 56.6 Å². The van der Waals surface area contributed by atoms with Gasteiger partial charge in [0.1, 0.15) is 21.3 Å². The molecular weight excluding hydrogens is 549 g/mol. The third-order valence-electron chi connectivity index (χ3n) is 6.03. The zero-order valence-electron chi connectivity index (χ0n) is 20.6. The van der Waals surface area contributed by atoms with E-state index in [1.807, 2.05) is 13.0 Å². The molecule has 6 nitrogen and oxygen atoms in total. The molecule has 0 spiro atoms. The zero-order chi connectivity index (χ0) is 26.5. The quantitative estimate of drug-likeness (QED) is 0.140. The van der Waals surface area contributed by atoms with E-state index >= 15 is 0 Å². The molecule has 0 N–H and O–H groups in total. The van der Waals surface area contributed by atoms with Crippen LogP contribution in [0.4, 0.5) is 0 Å². The number of unbranched alkanes of at least 4 members (excludes halogenated alkanes) is 5. The second kappa shape index (κ2) is 12.4. The van der Waals surface area contributed by atoms with Gasteiger partial charge in [0.2, 0.25) is 5.88 Å². The Balaban J connectivity index is 1.68. The summed E-state index contributed by atoms with van der Waals surface area (Å²) in [6.07, 6.45) is 9.85. The summed E-state index contributed by atoms with van der Waals surface area (Å²) < 4.78 is 7.95. The summed E-state index contributed by atoms with van der Waals surface area (Å²) in [7, 11) is 0. The van der Waals surface area contributed by atoms with Gasteiger partial charge in [0.25, 0.3) is 11.5 Å². The first-order chi connectivity index (χ1) is 17.8. The maximum absolute atomic E-state index is 13.6. The molecule has 1 aliphatic rings. The van der Waals surface area contributed by atoms with Crippen molar-refractivity contribution in [2.75, 3.05) is 6.54 Å². The largest absolute Gasteiger partial charge is 0.437 e. The zero-order valence-corrected chi connectivity index (χ0v) is 23.8. The number of ether oxygens (including phenoxy) is 1. The molecule has 1 aromatic carbocycles. The van der Waals surface area contributed by atoms with Gasteiger partial charge in [-0.3, -0.25) is 18.9 Å². The molecule has 10 heteroatoms. The fourth-order valence-electron chi connectivity index (χ4n) is 4.03. The molecule has 3 aromatic rings. The summed E-state index contributed by atoms with van der Waals surface area (Å²) >= 11 is 19.0. The van der Waals surface area contributed by atoms with Crippen molar-refractivity contribution in [3.05, 3.63) is 73.0 Å². The van der Waals surface area contributed by atoms with Crippen LogP contribution >= 0.6 is 47.2 Å². The third kappa shape index (κ3) is 6.37. The van der Waals surface area contributed by atoms with Crippen molar-refractivity contribution < 1.29 is 9.53 Å². The number of rotatable bonds is 10. The highest BCUT2D eigenvalue weighted by Gasteiger charge is 2.32. The van der Waals surface area contributed by atoms with Crippen molar-refractivity contribution in [3.63, 3.8) is 0 Å². The van der Waals surface area contributed by atoms with Gasteiger partial charge < -0.3 is 4.74 Å². The van der Waals surface area contributed by atoms with Crippen LogP contribution < -0.4 is 10.3 Å². The number of fused-ring (bicyclic) bond motifs is 1. The first kappa shape index (κ1) is 27.6. The van der Waals surface area contributed by atoms with Crippen LogP contribution in [0.2, 0.25) is 10.0 Å². The van der Waals surface area contributed by atoms with Gasteiger partial charge in [-0.2, -0.15) is 4.98 Å². The summed E-state index contributed by atoms with van der Waals surface area (Å²) in [5, 5.41) is 0.726. The van der Waals surface area contributed by atoms with Gasteiger partial charge in [-0.25, -0.2) is 0 Å². The van der Waals surface area contributed by atoms with Gasteiger partial charge in [-0.15, -0.1) is 0 Å². The Morgan fingerprint density at radius 1 is 1.11 bits per heavy atom. The molecule has 0 radical (unpaired) electrons. The molecule has 194 valence electrons. The van der Waals surface area contributed by atoms with Crippen LogP contribution in [-0.2, 0) is 4.79 Å². The van der Waals surface area contributed by atoms with Gasteiger partial charge in [-0.1, -0.05) is 92.3 Å². The number of carbonyl (C=O) groups excluding carboxylic acids is 1. The third-order valence-corrected chi connectivity index (χ3v) is 7.94. The Morgan fingerprint density at radius 2 is 1.86 bits per heavy atom. The van der Waals surface area contributed by atoms with Gasteiger partial charge in [0.05, 0.1) is 9.93 Å². The van der Waals surface area contributed by atoms with E-state index in [0.717, 1.165) is 24.8 Å². The number of thiocarbonyl (C=S) groups is 1. The minimum atomic E-state index is -0.366. The van der Waals surface area contributed by atoms with E-state index in [2.05, 4.69) is 11.9 Å². The van der Waals surface area contributed by atoms with Crippen LogP contribution in [0.5, 0.6) is 11.6 Å². The molecule has 2 aromatic heterocycles. The molecule has 1 saturated heterocycles. The minimum Gasteiger partial charge on any atom is -0.437 e. The van der Waals surface area contributed by atoms with Gasteiger partial charge >= 0.3 is 0 Å². The maximum atomic E-state index is 13.6. The van der Waals surface area contributed by atoms with E-state index < -0.39 is 0 Å². The number of pyridine rings is 1. The van der Waals surface area contributed by atoms with Crippen molar-refractivity contribution in [1.82, 2.24) is 14.3 Å². The number of hydrogen-bond donors (Lipinski definition) is 0. The molecule has 4 rings (SSSR count). The van der Waals surface area contributed by atoms with E-state index in [4.69, 9.17) is 40.2 Å². The van der Waals surface area contributed by atoms with Crippen LogP contribution in [0.3, 0.4) is 0 Å². The van der Waals surface area contributed by atoms with Crippen LogP contribution in [-0.4, -0.2) is 31.1 Å². The number of thioether (sulfide) groups is 1. The Hall–Kier alpha value is -2.39. The Morgan fingerprint density at radius 3 is 2.62 bits per heavy atom. The lowest BCUT2D eigenvalue weighted by atomic mass is 10.1. The van der Waals surface area contributed by atoms with Gasteiger partial charge in [-0.05, 0) is 49.2 Å². The second-order valence-electron chi connectivity index (χ2n) is 8.80. The molecule has 3 heterocycles. The Kier molecular flexibility index (Phi) is 9.29. The van der Waals surface area contributed by atoms with Gasteiger partial charge in [0, 0.05) is 17.8 Å². The van der Waals surface area contributed by atoms with E-state index in [9.17, 15) is 9.59 Å². The summed E-state index contributed by atoms with van der Waals surface area (Å²) in [6, 6.07) is 8.41. The number of benzene rings is 1. The van der Waals surface area contributed by atoms with Gasteiger partial charge in [0.15, 0.2) is 0 Å². The van der Waals surface area contributed by atoms with Crippen LogP contribution in [0, 0.1) is 6.92 Å². The Bertz CT molecular complexity index is 1440. The smallest absolute Gasteiger partial charge is 0.269 e. The number of aryl methyl sites for hydroxylation is 1. The lowest BCUT2D eigenvalue weighted by molar-refractivity contribution is -0.122. The number of halogens is 2. The number of nitrogens with zero attached hydrogens (tertiary/aromatic N) is 3. The normalized spacial score (nSPS) is 14.8. The maximum Gasteiger partial charge on any atom is 0.269 e.